The second kappa shape index (κ2) is 5.62. The van der Waals surface area contributed by atoms with Gasteiger partial charge in [-0.25, -0.2) is 14.0 Å². The molecule has 0 spiro atoms. The van der Waals surface area contributed by atoms with Crippen LogP contribution in [0.3, 0.4) is 0 Å². The molecule has 3 aliphatic rings. The van der Waals surface area contributed by atoms with Crippen molar-refractivity contribution >= 4 is 7.51 Å². The minimum atomic E-state index is -1.49. The van der Waals surface area contributed by atoms with E-state index in [2.05, 4.69) is 21.1 Å². The monoisotopic (exact) mass is 270 g/mol. The van der Waals surface area contributed by atoms with E-state index in [4.69, 9.17) is 4.74 Å². The van der Waals surface area contributed by atoms with Crippen molar-refractivity contribution in [1.29, 1.82) is 0 Å². The Morgan fingerprint density at radius 3 is 1.11 bits per heavy atom. The highest BCUT2D eigenvalue weighted by molar-refractivity contribution is 7.59. The first kappa shape index (κ1) is 13.1. The van der Waals surface area contributed by atoms with E-state index >= 15 is 0 Å². The van der Waals surface area contributed by atoms with Gasteiger partial charge >= 0.3 is 0 Å². The van der Waals surface area contributed by atoms with Crippen molar-refractivity contribution in [2.24, 2.45) is 4.74 Å². The largest absolute Gasteiger partial charge is 0.264 e. The highest BCUT2D eigenvalue weighted by atomic mass is 31.2. The zero-order valence-corrected chi connectivity index (χ0v) is 12.6. The van der Waals surface area contributed by atoms with Gasteiger partial charge in [0.25, 0.3) is 0 Å². The first-order chi connectivity index (χ1) is 8.88. The molecule has 18 heavy (non-hydrogen) atoms. The van der Waals surface area contributed by atoms with Crippen LogP contribution in [0.1, 0.15) is 38.5 Å². The first-order valence-corrected chi connectivity index (χ1v) is 9.24. The molecule has 0 radical (unpaired) electrons. The molecule has 0 aromatic carbocycles. The van der Waals surface area contributed by atoms with Crippen molar-refractivity contribution in [3.63, 3.8) is 0 Å². The standard InChI is InChI=1S/C13H27N4P/c1-14-18(15-8-2-3-9-15,16-10-4-5-11-16)17-12-6-7-13-17/h2-13H2,1H3. The lowest BCUT2D eigenvalue weighted by Crippen LogP contribution is -2.38. The van der Waals surface area contributed by atoms with Crippen molar-refractivity contribution in [3.8, 4) is 0 Å². The summed E-state index contributed by atoms with van der Waals surface area (Å²) in [5.41, 5.74) is 0. The minimum absolute atomic E-state index is 1.28. The molecule has 3 fully saturated rings. The Morgan fingerprint density at radius 1 is 0.611 bits per heavy atom. The summed E-state index contributed by atoms with van der Waals surface area (Å²) in [7, 11) is 0.591. The maximum Gasteiger partial charge on any atom is 0.167 e. The normalized spacial score (nSPS) is 28.3. The Bertz CT molecular complexity index is 278. The van der Waals surface area contributed by atoms with Crippen LogP contribution in [0.15, 0.2) is 4.74 Å². The van der Waals surface area contributed by atoms with E-state index in [-0.39, 0.29) is 0 Å². The highest BCUT2D eigenvalue weighted by Gasteiger charge is 2.42. The molecule has 0 atom stereocenters. The van der Waals surface area contributed by atoms with Gasteiger partial charge < -0.3 is 0 Å². The van der Waals surface area contributed by atoms with E-state index in [1.165, 1.54) is 77.8 Å². The molecule has 0 saturated carbocycles. The summed E-state index contributed by atoms with van der Waals surface area (Å²) in [6.07, 6.45) is 8.24. The summed E-state index contributed by atoms with van der Waals surface area (Å²) in [5.74, 6) is 0. The molecule has 0 unspecified atom stereocenters. The molecular formula is C13H27N4P. The van der Waals surface area contributed by atoms with Crippen LogP contribution in [-0.4, -0.2) is 60.3 Å². The lowest BCUT2D eigenvalue weighted by molar-refractivity contribution is 0.383. The third kappa shape index (κ3) is 2.07. The fraction of sp³-hybridized carbons (Fsp3) is 1.00. The molecule has 0 aromatic rings. The summed E-state index contributed by atoms with van der Waals surface area (Å²) in [6.45, 7) is 7.66. The van der Waals surface area contributed by atoms with E-state index in [1.54, 1.807) is 0 Å². The van der Waals surface area contributed by atoms with Gasteiger partial charge in [0, 0.05) is 46.3 Å². The third-order valence-corrected chi connectivity index (χ3v) is 8.67. The molecule has 5 heteroatoms. The maximum atomic E-state index is 5.05. The predicted molar refractivity (Wildman–Crippen MR) is 77.7 cm³/mol. The average molecular weight is 270 g/mol. The van der Waals surface area contributed by atoms with Crippen LogP contribution in [0.25, 0.3) is 0 Å². The van der Waals surface area contributed by atoms with Crippen LogP contribution in [0.5, 0.6) is 0 Å². The molecule has 0 bridgehead atoms. The lowest BCUT2D eigenvalue weighted by atomic mass is 10.4. The van der Waals surface area contributed by atoms with Gasteiger partial charge in [-0.2, -0.15) is 0 Å². The number of hydrogen-bond donors (Lipinski definition) is 0. The van der Waals surface area contributed by atoms with Crippen molar-refractivity contribution < 1.29 is 0 Å². The number of hydrogen-bond acceptors (Lipinski definition) is 1. The third-order valence-electron chi connectivity index (χ3n) is 4.65. The van der Waals surface area contributed by atoms with Crippen LogP contribution in [0.2, 0.25) is 0 Å². The average Bonchev–Trinajstić information content (AvgIpc) is 3.16. The Labute approximate surface area is 112 Å². The van der Waals surface area contributed by atoms with Gasteiger partial charge in [-0.15, -0.1) is 0 Å². The predicted octanol–water partition coefficient (Wildman–Crippen LogP) is 2.85. The lowest BCUT2D eigenvalue weighted by Gasteiger charge is -2.45. The summed E-state index contributed by atoms with van der Waals surface area (Å²) < 4.78 is 13.3. The van der Waals surface area contributed by atoms with Crippen molar-refractivity contribution in [1.82, 2.24) is 14.0 Å². The van der Waals surface area contributed by atoms with E-state index in [0.717, 1.165) is 0 Å². The Kier molecular flexibility index (Phi) is 4.09. The molecule has 4 nitrogen and oxygen atoms in total. The van der Waals surface area contributed by atoms with E-state index in [1.807, 2.05) is 0 Å². The summed E-state index contributed by atoms with van der Waals surface area (Å²) in [4.78, 5) is 0. The second-order valence-electron chi connectivity index (χ2n) is 5.72. The van der Waals surface area contributed by atoms with Gasteiger partial charge in [-0.05, 0) is 38.5 Å². The number of rotatable bonds is 3. The van der Waals surface area contributed by atoms with Crippen LogP contribution in [0.4, 0.5) is 0 Å². The van der Waals surface area contributed by atoms with Gasteiger partial charge in [0.15, 0.2) is 7.51 Å². The van der Waals surface area contributed by atoms with E-state index in [0.29, 0.717) is 0 Å². The van der Waals surface area contributed by atoms with Crippen LogP contribution < -0.4 is 0 Å². The van der Waals surface area contributed by atoms with Crippen LogP contribution in [-0.2, 0) is 0 Å². The highest BCUT2D eigenvalue weighted by Crippen LogP contribution is 2.62. The quantitative estimate of drug-likeness (QED) is 0.736. The van der Waals surface area contributed by atoms with Crippen molar-refractivity contribution in [3.05, 3.63) is 0 Å². The van der Waals surface area contributed by atoms with E-state index < -0.39 is 7.51 Å². The molecule has 3 heterocycles. The van der Waals surface area contributed by atoms with Gasteiger partial charge in [-0.1, -0.05) is 0 Å². The molecule has 0 aromatic heterocycles. The summed E-state index contributed by atoms with van der Waals surface area (Å²) >= 11 is 0. The van der Waals surface area contributed by atoms with Gasteiger partial charge in [-0.3, -0.25) is 4.74 Å². The molecule has 3 rings (SSSR count). The summed E-state index contributed by atoms with van der Waals surface area (Å²) in [5, 5.41) is 0. The molecule has 3 saturated heterocycles. The topological polar surface area (TPSA) is 22.1 Å². The zero-order chi connectivity index (χ0) is 12.4. The molecule has 104 valence electrons. The molecule has 0 N–H and O–H groups in total. The first-order valence-electron chi connectivity index (χ1n) is 7.64. The summed E-state index contributed by atoms with van der Waals surface area (Å²) in [6, 6.07) is 0. The molecule has 0 aliphatic carbocycles. The second-order valence-corrected chi connectivity index (χ2v) is 8.89. The van der Waals surface area contributed by atoms with Crippen LogP contribution >= 0.6 is 7.51 Å². The van der Waals surface area contributed by atoms with Gasteiger partial charge in [0.1, 0.15) is 0 Å². The van der Waals surface area contributed by atoms with Crippen molar-refractivity contribution in [2.75, 3.05) is 46.3 Å². The maximum absolute atomic E-state index is 5.05. The fourth-order valence-corrected chi connectivity index (χ4v) is 8.11. The van der Waals surface area contributed by atoms with Crippen LogP contribution in [0, 0.1) is 0 Å². The molecule has 3 aliphatic heterocycles. The smallest absolute Gasteiger partial charge is 0.167 e. The van der Waals surface area contributed by atoms with Crippen molar-refractivity contribution in [2.45, 2.75) is 38.5 Å². The molecular weight excluding hydrogens is 243 g/mol. The Balaban J connectivity index is 1.93. The SMILES string of the molecule is CN=P(N1CCCC1)(N1CCCC1)N1CCCC1. The Morgan fingerprint density at radius 2 is 0.889 bits per heavy atom. The fourth-order valence-electron chi connectivity index (χ4n) is 3.82. The number of nitrogens with zero attached hydrogens (tertiary/aromatic N) is 4. The zero-order valence-electron chi connectivity index (χ0n) is 11.7. The van der Waals surface area contributed by atoms with E-state index in [9.17, 15) is 0 Å². The van der Waals surface area contributed by atoms with Gasteiger partial charge in [0.05, 0.1) is 0 Å². The Hall–Kier alpha value is 0.110. The molecule has 0 amide bonds. The van der Waals surface area contributed by atoms with Gasteiger partial charge in [0.2, 0.25) is 0 Å². The minimum Gasteiger partial charge on any atom is -0.264 e.